The van der Waals surface area contributed by atoms with Crippen molar-refractivity contribution in [2.75, 3.05) is 45.3 Å². The maximum atomic E-state index is 12.7. The first-order chi connectivity index (χ1) is 12.1. The van der Waals surface area contributed by atoms with E-state index < -0.39 is 0 Å². The van der Waals surface area contributed by atoms with Gasteiger partial charge in [-0.2, -0.15) is 0 Å². The monoisotopic (exact) mass is 343 g/mol. The number of nitrogens with one attached hydrogen (secondary N) is 1. The quantitative estimate of drug-likeness (QED) is 0.907. The Morgan fingerprint density at radius 2 is 1.72 bits per heavy atom. The molecule has 1 aromatic carbocycles. The van der Waals surface area contributed by atoms with E-state index in [1.807, 2.05) is 4.90 Å². The number of aromatic amines is 1. The number of aromatic nitrogens is 1. The zero-order valence-corrected chi connectivity index (χ0v) is 14.3. The number of anilines is 1. The second-order valence-corrected chi connectivity index (χ2v) is 5.76. The van der Waals surface area contributed by atoms with Gasteiger partial charge in [0.25, 0.3) is 5.91 Å². The van der Waals surface area contributed by atoms with Crippen LogP contribution in [-0.2, 0) is 0 Å². The van der Waals surface area contributed by atoms with E-state index in [4.69, 9.17) is 9.47 Å². The Labute approximate surface area is 145 Å². The van der Waals surface area contributed by atoms with Crippen LogP contribution < -0.4 is 19.9 Å². The van der Waals surface area contributed by atoms with Gasteiger partial charge in [0.1, 0.15) is 0 Å². The predicted molar refractivity (Wildman–Crippen MR) is 94.7 cm³/mol. The smallest absolute Gasteiger partial charge is 0.254 e. The molecule has 0 unspecified atom stereocenters. The van der Waals surface area contributed by atoms with Crippen LogP contribution in [0.5, 0.6) is 11.5 Å². The van der Waals surface area contributed by atoms with Gasteiger partial charge < -0.3 is 24.3 Å². The van der Waals surface area contributed by atoms with Crippen LogP contribution in [0.1, 0.15) is 10.4 Å². The Bertz CT molecular complexity index is 790. The predicted octanol–water partition coefficient (Wildman–Crippen LogP) is 1.35. The van der Waals surface area contributed by atoms with Crippen molar-refractivity contribution < 1.29 is 14.3 Å². The van der Waals surface area contributed by atoms with Gasteiger partial charge in [-0.05, 0) is 24.3 Å². The number of piperazine rings is 1. The lowest BCUT2D eigenvalue weighted by Gasteiger charge is -2.36. The summed E-state index contributed by atoms with van der Waals surface area (Å²) in [4.78, 5) is 30.5. The van der Waals surface area contributed by atoms with Crippen molar-refractivity contribution in [2.45, 2.75) is 0 Å². The number of carbonyl (C=O) groups is 1. The van der Waals surface area contributed by atoms with E-state index in [9.17, 15) is 9.59 Å². The van der Waals surface area contributed by atoms with Crippen LogP contribution in [0.15, 0.2) is 41.3 Å². The molecule has 1 amide bonds. The molecule has 0 aliphatic carbocycles. The maximum Gasteiger partial charge on any atom is 0.254 e. The van der Waals surface area contributed by atoms with E-state index in [1.54, 1.807) is 44.7 Å². The first-order valence-corrected chi connectivity index (χ1v) is 8.07. The standard InChI is InChI=1S/C18H21N3O4/c1-24-15-5-3-13(11-16(15)25-2)18(23)21-9-7-20(8-10-21)14-4-6-17(22)19-12-14/h3-6,11-12H,7-10H2,1-2H3,(H,19,22). The third kappa shape index (κ3) is 3.60. The molecular formula is C18H21N3O4. The Kier molecular flexibility index (Phi) is 4.92. The van der Waals surface area contributed by atoms with Crippen LogP contribution in [0.4, 0.5) is 5.69 Å². The lowest BCUT2D eigenvalue weighted by molar-refractivity contribution is 0.0746. The molecule has 2 aromatic rings. The van der Waals surface area contributed by atoms with E-state index in [0.29, 0.717) is 43.2 Å². The summed E-state index contributed by atoms with van der Waals surface area (Å²) in [5, 5.41) is 0. The fourth-order valence-corrected chi connectivity index (χ4v) is 2.92. The summed E-state index contributed by atoms with van der Waals surface area (Å²) in [6.45, 7) is 2.66. The number of nitrogens with zero attached hydrogens (tertiary/aromatic N) is 2. The first-order valence-electron chi connectivity index (χ1n) is 8.07. The molecule has 2 heterocycles. The second kappa shape index (κ2) is 7.29. The van der Waals surface area contributed by atoms with Crippen molar-refractivity contribution in [3.05, 3.63) is 52.4 Å². The fourth-order valence-electron chi connectivity index (χ4n) is 2.92. The van der Waals surface area contributed by atoms with Gasteiger partial charge in [0.05, 0.1) is 19.9 Å². The third-order valence-electron chi connectivity index (χ3n) is 4.33. The Morgan fingerprint density at radius 1 is 1.00 bits per heavy atom. The number of amides is 1. The van der Waals surface area contributed by atoms with E-state index >= 15 is 0 Å². The molecule has 0 saturated carbocycles. The first kappa shape index (κ1) is 16.9. The summed E-state index contributed by atoms with van der Waals surface area (Å²) in [6.07, 6.45) is 1.70. The van der Waals surface area contributed by atoms with E-state index in [2.05, 4.69) is 9.88 Å². The average molecular weight is 343 g/mol. The van der Waals surface area contributed by atoms with Crippen LogP contribution in [0.2, 0.25) is 0 Å². The summed E-state index contributed by atoms with van der Waals surface area (Å²) >= 11 is 0. The topological polar surface area (TPSA) is 74.9 Å². The SMILES string of the molecule is COc1ccc(C(=O)N2CCN(c3ccc(=O)[nH]c3)CC2)cc1OC. The molecule has 7 heteroatoms. The molecule has 1 fully saturated rings. The van der Waals surface area contributed by atoms with Crippen molar-refractivity contribution in [3.8, 4) is 11.5 Å². The molecule has 1 aliphatic heterocycles. The molecule has 0 spiro atoms. The third-order valence-corrected chi connectivity index (χ3v) is 4.33. The Hall–Kier alpha value is -2.96. The van der Waals surface area contributed by atoms with E-state index in [-0.39, 0.29) is 11.5 Å². The molecule has 1 aromatic heterocycles. The van der Waals surface area contributed by atoms with Gasteiger partial charge >= 0.3 is 0 Å². The summed E-state index contributed by atoms with van der Waals surface area (Å²) in [7, 11) is 3.12. The van der Waals surface area contributed by atoms with Gasteiger partial charge in [-0.1, -0.05) is 0 Å². The lowest BCUT2D eigenvalue weighted by Crippen LogP contribution is -2.48. The number of H-pyrrole nitrogens is 1. The van der Waals surface area contributed by atoms with E-state index in [0.717, 1.165) is 5.69 Å². The highest BCUT2D eigenvalue weighted by Gasteiger charge is 2.23. The molecule has 1 saturated heterocycles. The normalized spacial score (nSPS) is 14.3. The van der Waals surface area contributed by atoms with Crippen LogP contribution in [0.25, 0.3) is 0 Å². The summed E-state index contributed by atoms with van der Waals surface area (Å²) < 4.78 is 10.5. The molecule has 0 radical (unpaired) electrons. The molecule has 0 atom stereocenters. The maximum absolute atomic E-state index is 12.7. The zero-order valence-electron chi connectivity index (χ0n) is 14.3. The number of methoxy groups -OCH3 is 2. The molecule has 0 bridgehead atoms. The van der Waals surface area contributed by atoms with Gasteiger partial charge in [-0.3, -0.25) is 9.59 Å². The summed E-state index contributed by atoms with van der Waals surface area (Å²) in [6, 6.07) is 8.50. The highest BCUT2D eigenvalue weighted by Crippen LogP contribution is 2.28. The van der Waals surface area contributed by atoms with Crippen LogP contribution in [-0.4, -0.2) is 56.2 Å². The van der Waals surface area contributed by atoms with Crippen LogP contribution in [0.3, 0.4) is 0 Å². The number of ether oxygens (including phenoxy) is 2. The van der Waals surface area contributed by atoms with Crippen molar-refractivity contribution in [3.63, 3.8) is 0 Å². The number of hydrogen-bond acceptors (Lipinski definition) is 5. The van der Waals surface area contributed by atoms with Gasteiger partial charge in [0.15, 0.2) is 11.5 Å². The van der Waals surface area contributed by atoms with Crippen molar-refractivity contribution >= 4 is 11.6 Å². The minimum Gasteiger partial charge on any atom is -0.493 e. The molecular weight excluding hydrogens is 322 g/mol. The highest BCUT2D eigenvalue weighted by molar-refractivity contribution is 5.95. The van der Waals surface area contributed by atoms with Crippen molar-refractivity contribution in [1.82, 2.24) is 9.88 Å². The van der Waals surface area contributed by atoms with Crippen molar-refractivity contribution in [1.29, 1.82) is 0 Å². The number of rotatable bonds is 4. The minimum absolute atomic E-state index is 0.0259. The molecule has 1 aliphatic rings. The summed E-state index contributed by atoms with van der Waals surface area (Å²) in [5.74, 6) is 1.12. The highest BCUT2D eigenvalue weighted by atomic mass is 16.5. The minimum atomic E-state index is -0.119. The summed E-state index contributed by atoms with van der Waals surface area (Å²) in [5.41, 5.74) is 1.42. The van der Waals surface area contributed by atoms with Crippen LogP contribution in [0, 0.1) is 0 Å². The van der Waals surface area contributed by atoms with Gasteiger partial charge in [0, 0.05) is 44.0 Å². The number of carbonyl (C=O) groups excluding carboxylic acids is 1. The van der Waals surface area contributed by atoms with Gasteiger partial charge in [-0.15, -0.1) is 0 Å². The number of pyridine rings is 1. The largest absolute Gasteiger partial charge is 0.493 e. The number of hydrogen-bond donors (Lipinski definition) is 1. The van der Waals surface area contributed by atoms with Crippen LogP contribution >= 0.6 is 0 Å². The second-order valence-electron chi connectivity index (χ2n) is 5.76. The molecule has 7 nitrogen and oxygen atoms in total. The number of benzene rings is 1. The Morgan fingerprint density at radius 3 is 2.32 bits per heavy atom. The molecule has 25 heavy (non-hydrogen) atoms. The van der Waals surface area contributed by atoms with E-state index in [1.165, 1.54) is 6.07 Å². The molecule has 132 valence electrons. The Balaban J connectivity index is 1.67. The fraction of sp³-hybridized carbons (Fsp3) is 0.333. The zero-order chi connectivity index (χ0) is 17.8. The van der Waals surface area contributed by atoms with Crippen molar-refractivity contribution in [2.24, 2.45) is 0 Å². The van der Waals surface area contributed by atoms with Gasteiger partial charge in [0.2, 0.25) is 5.56 Å². The van der Waals surface area contributed by atoms with Gasteiger partial charge in [-0.25, -0.2) is 0 Å². The lowest BCUT2D eigenvalue weighted by atomic mass is 10.1. The molecule has 3 rings (SSSR count). The molecule has 1 N–H and O–H groups in total. The average Bonchev–Trinajstić information content (AvgIpc) is 2.67.